The molecule has 107 heavy (non-hydrogen) atoms. The summed E-state index contributed by atoms with van der Waals surface area (Å²) in [6.45, 7) is -0.928. The van der Waals surface area contributed by atoms with Crippen molar-refractivity contribution < 1.29 is 87.9 Å². The third-order valence-corrected chi connectivity index (χ3v) is 19.2. The molecule has 0 unspecified atom stereocenters. The minimum absolute atomic E-state index is 0.00218. The molecule has 3 aromatic carbocycles. The van der Waals surface area contributed by atoms with Gasteiger partial charge in [-0.15, -0.1) is 0 Å². The van der Waals surface area contributed by atoms with Crippen molar-refractivity contribution in [2.24, 2.45) is 23.3 Å². The SMILES string of the molecule is CN[C@H](C(=O)N[C@@H](CC(=O)O)C(=O)N[C@@H](CO)C(=O)N[C@@H](Cc1cc2ccccc2[nH]1)C(=O)N[C@@H](CCCCN)C(=O)N[C@@H](Cc1ccc(O)cc1)C(=O)N[C@H](CCCNC(=N)N)C(=O)N[C@H](CS)C(=O)N[C@@H](Cc1ccccc1)C(=O)N[C@H](C(=O)N[C@@H](CC(=O)O)C(=O)O)C1CCCCC1)C1CCCCC1. The number of hydrogen-bond acceptors (Lipinski definition) is 19. The molecule has 11 atom stereocenters. The van der Waals surface area contributed by atoms with E-state index in [1.807, 2.05) is 0 Å². The molecule has 1 aromatic heterocycles. The predicted molar refractivity (Wildman–Crippen MR) is 394 cm³/mol. The number of rotatable bonds is 44. The molecule has 2 fully saturated rings. The average molecular weight is 1510 g/mol. The van der Waals surface area contributed by atoms with Crippen molar-refractivity contribution in [1.82, 2.24) is 68.8 Å². The molecule has 1 heterocycles. The monoisotopic (exact) mass is 1510 g/mol. The highest BCUT2D eigenvalue weighted by molar-refractivity contribution is 7.80. The molecule has 0 saturated heterocycles. The number of thiol groups is 1. The van der Waals surface area contributed by atoms with Crippen LogP contribution in [0.2, 0.25) is 0 Å². The fourth-order valence-corrected chi connectivity index (χ4v) is 13.4. The van der Waals surface area contributed by atoms with Gasteiger partial charge in [-0.3, -0.25) is 62.9 Å². The number of unbranched alkanes of at least 4 members (excludes halogenated alkanes) is 1. The summed E-state index contributed by atoms with van der Waals surface area (Å²) in [5.41, 5.74) is 13.4. The number of amides is 10. The summed E-state index contributed by atoms with van der Waals surface area (Å²) in [4.78, 5) is 183. The van der Waals surface area contributed by atoms with Gasteiger partial charge in [0.1, 0.15) is 66.2 Å². The van der Waals surface area contributed by atoms with Crippen molar-refractivity contribution >= 4 is 106 Å². The number of aromatic hydroxyl groups is 1. The van der Waals surface area contributed by atoms with Crippen LogP contribution in [0.5, 0.6) is 5.75 Å². The lowest BCUT2D eigenvalue weighted by atomic mass is 9.83. The van der Waals surface area contributed by atoms with Crippen LogP contribution in [-0.4, -0.2) is 212 Å². The van der Waals surface area contributed by atoms with E-state index >= 15 is 4.79 Å². The first-order valence-electron chi connectivity index (χ1n) is 36.0. The van der Waals surface area contributed by atoms with Crippen LogP contribution >= 0.6 is 12.6 Å². The lowest BCUT2D eigenvalue weighted by Gasteiger charge is -2.32. The molecule has 6 rings (SSSR count). The van der Waals surface area contributed by atoms with E-state index in [0.29, 0.717) is 59.8 Å². The average Bonchev–Trinajstić information content (AvgIpc) is 1.81. The van der Waals surface area contributed by atoms with Crippen LogP contribution in [0.3, 0.4) is 0 Å². The number of para-hydroxylation sites is 1. The maximum Gasteiger partial charge on any atom is 0.326 e. The highest BCUT2D eigenvalue weighted by atomic mass is 32.1. The number of fused-ring (bicyclic) bond motifs is 1. The van der Waals surface area contributed by atoms with Gasteiger partial charge in [-0.2, -0.15) is 12.6 Å². The number of carboxylic acid groups (broad SMARTS) is 3. The molecular formula is C72H102N16O18S. The Labute approximate surface area is 624 Å². The molecule has 0 radical (unpaired) electrons. The van der Waals surface area contributed by atoms with Gasteiger partial charge in [0.15, 0.2) is 5.96 Å². The number of H-pyrrole nitrogens is 1. The molecule has 584 valence electrons. The lowest BCUT2D eigenvalue weighted by molar-refractivity contribution is -0.147. The van der Waals surface area contributed by atoms with Gasteiger partial charge in [-0.05, 0) is 124 Å². The zero-order chi connectivity index (χ0) is 78.1. The van der Waals surface area contributed by atoms with Crippen LogP contribution in [0, 0.1) is 17.2 Å². The van der Waals surface area contributed by atoms with Gasteiger partial charge in [0.2, 0.25) is 59.1 Å². The Morgan fingerprint density at radius 3 is 1.45 bits per heavy atom. The van der Waals surface area contributed by atoms with E-state index < -0.39 is 181 Å². The third kappa shape index (κ3) is 28.1. The van der Waals surface area contributed by atoms with E-state index in [-0.39, 0.29) is 69.7 Å². The summed E-state index contributed by atoms with van der Waals surface area (Å²) >= 11 is 4.38. The van der Waals surface area contributed by atoms with Gasteiger partial charge in [0.25, 0.3) is 0 Å². The number of guanidine groups is 1. The molecule has 23 N–H and O–H groups in total. The number of phenolic OH excluding ortho intramolecular Hbond substituents is 1. The number of carbonyl (C=O) groups excluding carboxylic acids is 10. The Morgan fingerprint density at radius 2 is 0.925 bits per heavy atom. The van der Waals surface area contributed by atoms with Gasteiger partial charge in [0.05, 0.1) is 25.5 Å². The summed E-state index contributed by atoms with van der Waals surface area (Å²) in [5, 5.41) is 89.6. The Kier molecular flexibility index (Phi) is 35.1. The number of aliphatic hydroxyl groups excluding tert-OH is 1. The minimum atomic E-state index is -1.84. The Morgan fingerprint density at radius 1 is 0.495 bits per heavy atom. The molecular weight excluding hydrogens is 1410 g/mol. The molecule has 4 aromatic rings. The van der Waals surface area contributed by atoms with E-state index in [1.165, 1.54) is 24.3 Å². The summed E-state index contributed by atoms with van der Waals surface area (Å²) < 4.78 is 0. The van der Waals surface area contributed by atoms with E-state index in [1.54, 1.807) is 67.7 Å². The molecule has 0 bridgehead atoms. The Hall–Kier alpha value is -10.4. The zero-order valence-electron chi connectivity index (χ0n) is 59.7. The van der Waals surface area contributed by atoms with Crippen molar-refractivity contribution in [1.29, 1.82) is 5.41 Å². The van der Waals surface area contributed by atoms with Crippen molar-refractivity contribution in [3.05, 3.63) is 102 Å². The quantitative estimate of drug-likeness (QED) is 0.0108. The van der Waals surface area contributed by atoms with Gasteiger partial charge >= 0.3 is 17.9 Å². The van der Waals surface area contributed by atoms with E-state index in [4.69, 9.17) is 16.9 Å². The molecule has 34 nitrogen and oxygen atoms in total. The molecule has 35 heteroatoms. The summed E-state index contributed by atoms with van der Waals surface area (Å²) in [6, 6.07) is 5.90. The Balaban J connectivity index is 1.26. The van der Waals surface area contributed by atoms with Crippen LogP contribution in [0.1, 0.15) is 126 Å². The number of likely N-dealkylation sites (N-methyl/N-ethyl adjacent to an activating group) is 1. The maximum atomic E-state index is 15.0. The van der Waals surface area contributed by atoms with E-state index in [9.17, 15) is 83.1 Å². The van der Waals surface area contributed by atoms with Gasteiger partial charge in [-0.1, -0.05) is 99.2 Å². The van der Waals surface area contributed by atoms with E-state index in [2.05, 4.69) is 81.4 Å². The number of carbonyl (C=O) groups is 13. The second-order valence-corrected chi connectivity index (χ2v) is 27.3. The number of aliphatic carboxylic acids is 3. The second-order valence-electron chi connectivity index (χ2n) is 26.9. The first-order valence-corrected chi connectivity index (χ1v) is 36.6. The van der Waals surface area contributed by atoms with Crippen LogP contribution in [0.4, 0.5) is 0 Å². The highest BCUT2D eigenvalue weighted by Crippen LogP contribution is 2.29. The molecule has 10 amide bonds. The number of aromatic nitrogens is 1. The zero-order valence-corrected chi connectivity index (χ0v) is 60.6. The number of nitrogens with one attached hydrogen (secondary N) is 14. The van der Waals surface area contributed by atoms with Crippen LogP contribution in [-0.2, 0) is 81.6 Å². The number of hydrogen-bond donors (Lipinski definition) is 22. The third-order valence-electron chi connectivity index (χ3n) is 18.8. The number of phenols is 1. The van der Waals surface area contributed by atoms with Crippen molar-refractivity contribution in [3.63, 3.8) is 0 Å². The first-order chi connectivity index (χ1) is 51.2. The second kappa shape index (κ2) is 43.9. The smallest absolute Gasteiger partial charge is 0.326 e. The topological polar surface area (TPSA) is 559 Å². The number of aliphatic hydroxyl groups is 1. The number of nitrogens with two attached hydrogens (primary N) is 2. The lowest BCUT2D eigenvalue weighted by Crippen LogP contribution is -2.62. The molecule has 2 saturated carbocycles. The van der Waals surface area contributed by atoms with E-state index in [0.717, 1.165) is 38.5 Å². The van der Waals surface area contributed by atoms with Crippen molar-refractivity contribution in [3.8, 4) is 5.75 Å². The first kappa shape index (κ1) is 85.5. The van der Waals surface area contributed by atoms with Gasteiger partial charge in [0, 0.05) is 42.8 Å². The maximum absolute atomic E-state index is 15.0. The van der Waals surface area contributed by atoms with Crippen LogP contribution in [0.25, 0.3) is 10.9 Å². The Bertz CT molecular complexity index is 3660. The predicted octanol–water partition coefficient (Wildman–Crippen LogP) is -1.15. The minimum Gasteiger partial charge on any atom is -0.508 e. The van der Waals surface area contributed by atoms with Crippen molar-refractivity contribution in [2.45, 2.75) is 195 Å². The van der Waals surface area contributed by atoms with Crippen molar-refractivity contribution in [2.75, 3.05) is 32.5 Å². The normalized spacial score (nSPS) is 16.3. The number of carboxylic acids is 3. The molecule has 2 aliphatic carbocycles. The van der Waals surface area contributed by atoms with Gasteiger partial charge in [-0.25, -0.2) is 4.79 Å². The summed E-state index contributed by atoms with van der Waals surface area (Å²) in [6.07, 6.45) is 4.81. The standard InChI is InChI=1S/C72H102N16O18S/c1-76-59(42-18-7-3-8-19-42)69(103)84-53(36-57(91)92)65(99)86-55(38-89)67(101)83-52(35-45-34-44-22-11-12-23-47(44)78-45)64(98)79-48(24-13-14-30-73)61(95)81-50(33-41-26-28-46(90)29-27-41)63(97)80-49(25-15-31-77-72(74)75)62(96)87-56(39-107)68(102)82-51(32-40-16-5-2-6-17-40)66(100)88-60(43-20-9-4-10-21-43)70(104)85-54(71(105)106)37-58(93)94/h2,5-6,11-12,16-17,22-23,26-29,34,42-43,48-56,59-60,76,78,89-90,107H,3-4,7-10,13-15,18-21,24-25,30-33,35-39,73H2,1H3,(H,79,98)(H,80,97)(H,81,95)(H,82,102)(H,83,101)(H,84,103)(H,85,104)(H,86,99)(H,87,96)(H,88,100)(H,91,92)(H,93,94)(H,105,106)(H4,74,75,77)/t48-,49+,50-,51-,52-,53-,54-,55-,56+,59-,60-/m0/s1. The summed E-state index contributed by atoms with van der Waals surface area (Å²) in [5.74, 6) is -15.8. The molecule has 0 spiro atoms. The van der Waals surface area contributed by atoms with Crippen LogP contribution in [0.15, 0.2) is 84.9 Å². The summed E-state index contributed by atoms with van der Waals surface area (Å²) in [7, 11) is 1.57. The molecule has 0 aliphatic heterocycles. The number of aromatic amines is 1. The molecule has 2 aliphatic rings. The highest BCUT2D eigenvalue weighted by Gasteiger charge is 2.40. The van der Waals surface area contributed by atoms with Crippen LogP contribution < -0.4 is 75.3 Å². The largest absolute Gasteiger partial charge is 0.508 e. The fourth-order valence-electron chi connectivity index (χ4n) is 13.1. The number of benzene rings is 3. The fraction of sp³-hybridized carbons (Fsp3) is 0.528. The van der Waals surface area contributed by atoms with Gasteiger partial charge < -0.3 is 106 Å².